The van der Waals surface area contributed by atoms with Gasteiger partial charge in [-0.05, 0) is 94.0 Å². The lowest BCUT2D eigenvalue weighted by Gasteiger charge is -2.16. The van der Waals surface area contributed by atoms with E-state index < -0.39 is 0 Å². The van der Waals surface area contributed by atoms with Crippen molar-refractivity contribution in [3.05, 3.63) is 255 Å². The third kappa shape index (κ3) is 6.78. The van der Waals surface area contributed by atoms with Crippen LogP contribution in [0.3, 0.4) is 0 Å². The molecule has 0 aliphatic rings. The molecule has 13 aromatic rings. The summed E-state index contributed by atoms with van der Waals surface area (Å²) >= 11 is 0. The van der Waals surface area contributed by atoms with Crippen LogP contribution in [0.1, 0.15) is 0 Å². The molecule has 0 saturated heterocycles. The quantitative estimate of drug-likeness (QED) is 0.153. The van der Waals surface area contributed by atoms with Crippen LogP contribution in [0.2, 0.25) is 0 Å². The van der Waals surface area contributed by atoms with Gasteiger partial charge in [-0.1, -0.05) is 194 Å². The minimum atomic E-state index is 0.678. The molecule has 10 aromatic carbocycles. The molecule has 0 unspecified atom stereocenters. The minimum absolute atomic E-state index is 0.678. The van der Waals surface area contributed by atoms with E-state index in [4.69, 9.17) is 9.97 Å². The van der Waals surface area contributed by atoms with Crippen LogP contribution in [0.4, 0.5) is 0 Å². The summed E-state index contributed by atoms with van der Waals surface area (Å²) in [5.41, 5.74) is 18.6. The van der Waals surface area contributed by atoms with E-state index in [2.05, 4.69) is 252 Å². The molecule has 0 atom stereocenters. The lowest BCUT2D eigenvalue weighted by molar-refractivity contribution is 1.14. The van der Waals surface area contributed by atoms with Crippen LogP contribution in [0.25, 0.3) is 122 Å². The first kappa shape index (κ1) is 39.3. The Bertz CT molecular complexity index is 3910. The predicted octanol–water partition coefficient (Wildman–Crippen LogP) is 16.7. The largest absolute Gasteiger partial charge is 0.307 e. The van der Waals surface area contributed by atoms with Gasteiger partial charge in [-0.25, -0.2) is 9.97 Å². The molecule has 4 nitrogen and oxygen atoms in total. The van der Waals surface area contributed by atoms with Crippen LogP contribution in [0.15, 0.2) is 255 Å². The Labute approximate surface area is 394 Å². The highest BCUT2D eigenvalue weighted by molar-refractivity contribution is 6.24. The fourth-order valence-corrected chi connectivity index (χ4v) is 10.1. The Morgan fingerprint density at radius 1 is 0.235 bits per heavy atom. The van der Waals surface area contributed by atoms with E-state index in [1.807, 2.05) is 12.1 Å². The van der Waals surface area contributed by atoms with Gasteiger partial charge in [0, 0.05) is 49.6 Å². The highest BCUT2D eigenvalue weighted by Crippen LogP contribution is 2.43. The van der Waals surface area contributed by atoms with Gasteiger partial charge in [-0.3, -0.25) is 0 Å². The van der Waals surface area contributed by atoms with Crippen LogP contribution in [0, 0.1) is 0 Å². The zero-order valence-electron chi connectivity index (χ0n) is 37.0. The molecule has 0 aliphatic heterocycles. The first-order valence-electron chi connectivity index (χ1n) is 23.1. The number of hydrogen-bond donors (Lipinski definition) is 0. The summed E-state index contributed by atoms with van der Waals surface area (Å²) in [6.45, 7) is 0. The van der Waals surface area contributed by atoms with E-state index >= 15 is 0 Å². The summed E-state index contributed by atoms with van der Waals surface area (Å²) in [6, 6.07) is 91.2. The van der Waals surface area contributed by atoms with Crippen LogP contribution in [0.5, 0.6) is 0 Å². The molecule has 0 bridgehead atoms. The van der Waals surface area contributed by atoms with Crippen LogP contribution < -0.4 is 0 Å². The number of para-hydroxylation sites is 2. The molecular formula is C64H42N4. The second-order valence-corrected chi connectivity index (χ2v) is 17.4. The third-order valence-corrected chi connectivity index (χ3v) is 13.3. The first-order chi connectivity index (χ1) is 33.7. The second-order valence-electron chi connectivity index (χ2n) is 17.4. The summed E-state index contributed by atoms with van der Waals surface area (Å²) in [6.07, 6.45) is 0. The van der Waals surface area contributed by atoms with E-state index in [-0.39, 0.29) is 0 Å². The monoisotopic (exact) mass is 866 g/mol. The molecule has 318 valence electrons. The van der Waals surface area contributed by atoms with Crippen molar-refractivity contribution in [2.45, 2.75) is 0 Å². The molecule has 3 aromatic heterocycles. The lowest BCUT2D eigenvalue weighted by atomic mass is 9.98. The average Bonchev–Trinajstić information content (AvgIpc) is 3.95. The van der Waals surface area contributed by atoms with Gasteiger partial charge in [0.05, 0.1) is 33.5 Å². The van der Waals surface area contributed by atoms with E-state index in [0.717, 1.165) is 61.5 Å². The molecule has 0 saturated carbocycles. The van der Waals surface area contributed by atoms with E-state index in [1.54, 1.807) is 0 Å². The molecular weight excluding hydrogens is 825 g/mol. The summed E-state index contributed by atoms with van der Waals surface area (Å²) in [5, 5.41) is 4.82. The van der Waals surface area contributed by atoms with E-state index in [9.17, 15) is 0 Å². The van der Waals surface area contributed by atoms with Crippen molar-refractivity contribution in [2.24, 2.45) is 0 Å². The zero-order valence-corrected chi connectivity index (χ0v) is 37.0. The van der Waals surface area contributed by atoms with Crippen LogP contribution in [-0.4, -0.2) is 19.1 Å². The Morgan fingerprint density at radius 3 is 1.10 bits per heavy atom. The number of hydrogen-bond acceptors (Lipinski definition) is 2. The number of nitrogens with zero attached hydrogens (tertiary/aromatic N) is 4. The fourth-order valence-electron chi connectivity index (χ4n) is 10.1. The molecule has 0 fully saturated rings. The SMILES string of the molecule is c1ccc(-c2ccc(-c3cc(-c4ccccc4)nc(-c4ccc(-n5c6ccccc6c6ccc7c8ccccc8n(-c8cc(-c9ccccc9)cc(-c9ccccc9)c8)c7c65)cc4)n3)cc2)cc1. The molecule has 0 N–H and O–H groups in total. The second kappa shape index (κ2) is 16.4. The van der Waals surface area contributed by atoms with Crippen LogP contribution in [-0.2, 0) is 0 Å². The van der Waals surface area contributed by atoms with Gasteiger partial charge >= 0.3 is 0 Å². The molecule has 0 aliphatic carbocycles. The van der Waals surface area contributed by atoms with Crippen molar-refractivity contribution in [3.63, 3.8) is 0 Å². The number of aromatic nitrogens is 4. The van der Waals surface area contributed by atoms with Crippen molar-refractivity contribution < 1.29 is 0 Å². The average molecular weight is 867 g/mol. The fraction of sp³-hybridized carbons (Fsp3) is 0. The van der Waals surface area contributed by atoms with Crippen molar-refractivity contribution in [1.29, 1.82) is 0 Å². The standard InChI is InChI=1S/C64H42N4/c1-5-17-43(18-6-1)46-29-31-48(32-30-46)59-42-58(47-23-11-4-12-24-47)65-64(66-59)49-33-35-52(36-34-49)67-60-27-15-13-25-54(60)56-37-38-57-55-26-14-16-28-61(55)68(63(57)62(56)67)53-40-50(44-19-7-2-8-20-44)39-51(41-53)45-21-9-3-10-22-45/h1-42H. The van der Waals surface area contributed by atoms with Gasteiger partial charge in [0.2, 0.25) is 0 Å². The van der Waals surface area contributed by atoms with Gasteiger partial charge in [0.1, 0.15) is 0 Å². The number of rotatable bonds is 8. The molecule has 13 rings (SSSR count). The topological polar surface area (TPSA) is 35.6 Å². The number of benzene rings is 10. The van der Waals surface area contributed by atoms with Crippen molar-refractivity contribution >= 4 is 43.6 Å². The summed E-state index contributed by atoms with van der Waals surface area (Å²) in [5.74, 6) is 0.678. The highest BCUT2D eigenvalue weighted by atomic mass is 15.0. The number of fused-ring (bicyclic) bond motifs is 7. The Morgan fingerprint density at radius 2 is 0.603 bits per heavy atom. The molecule has 4 heteroatoms. The van der Waals surface area contributed by atoms with Crippen molar-refractivity contribution in [1.82, 2.24) is 19.1 Å². The molecule has 0 radical (unpaired) electrons. The molecule has 3 heterocycles. The van der Waals surface area contributed by atoms with Gasteiger partial charge < -0.3 is 9.13 Å². The van der Waals surface area contributed by atoms with Gasteiger partial charge in [-0.15, -0.1) is 0 Å². The van der Waals surface area contributed by atoms with E-state index in [1.165, 1.54) is 54.9 Å². The lowest BCUT2D eigenvalue weighted by Crippen LogP contribution is -2.00. The maximum absolute atomic E-state index is 5.24. The summed E-state index contributed by atoms with van der Waals surface area (Å²) in [7, 11) is 0. The Balaban J connectivity index is 1.01. The maximum Gasteiger partial charge on any atom is 0.160 e. The highest BCUT2D eigenvalue weighted by Gasteiger charge is 2.22. The van der Waals surface area contributed by atoms with Gasteiger partial charge in [-0.2, -0.15) is 0 Å². The molecule has 68 heavy (non-hydrogen) atoms. The maximum atomic E-state index is 5.24. The summed E-state index contributed by atoms with van der Waals surface area (Å²) in [4.78, 5) is 10.4. The first-order valence-corrected chi connectivity index (χ1v) is 23.1. The smallest absolute Gasteiger partial charge is 0.160 e. The molecule has 0 spiro atoms. The Hall–Kier alpha value is -9.12. The zero-order chi connectivity index (χ0) is 45.0. The van der Waals surface area contributed by atoms with Crippen molar-refractivity contribution in [2.75, 3.05) is 0 Å². The minimum Gasteiger partial charge on any atom is -0.307 e. The Kier molecular flexibility index (Phi) is 9.47. The predicted molar refractivity (Wildman–Crippen MR) is 283 cm³/mol. The normalized spacial score (nSPS) is 11.5. The third-order valence-electron chi connectivity index (χ3n) is 13.3. The molecule has 0 amide bonds. The summed E-state index contributed by atoms with van der Waals surface area (Å²) < 4.78 is 4.94. The van der Waals surface area contributed by atoms with Crippen molar-refractivity contribution in [3.8, 4) is 78.7 Å². The van der Waals surface area contributed by atoms with Gasteiger partial charge in [0.15, 0.2) is 5.82 Å². The van der Waals surface area contributed by atoms with E-state index in [0.29, 0.717) is 5.82 Å². The van der Waals surface area contributed by atoms with Crippen LogP contribution >= 0.6 is 0 Å². The van der Waals surface area contributed by atoms with Gasteiger partial charge in [0.25, 0.3) is 0 Å².